The van der Waals surface area contributed by atoms with Gasteiger partial charge in [0.1, 0.15) is 11.6 Å². The number of anilines is 1. The van der Waals surface area contributed by atoms with Gasteiger partial charge < -0.3 is 0 Å². The molecule has 3 heterocycles. The van der Waals surface area contributed by atoms with Crippen LogP contribution in [-0.2, 0) is 11.2 Å². The molecule has 2 aromatic rings. The highest BCUT2D eigenvalue weighted by Gasteiger charge is 2.42. The molecule has 0 bridgehead atoms. The summed E-state index contributed by atoms with van der Waals surface area (Å²) in [5, 5.41) is 0.565. The van der Waals surface area contributed by atoms with Crippen LogP contribution in [0.2, 0.25) is 5.02 Å². The van der Waals surface area contributed by atoms with Crippen LogP contribution in [0.15, 0.2) is 42.6 Å². The molecule has 0 saturated carbocycles. The largest absolute Gasteiger partial charge is 0.294 e. The lowest BCUT2D eigenvalue weighted by Crippen LogP contribution is -2.54. The number of pyridine rings is 1. The summed E-state index contributed by atoms with van der Waals surface area (Å²) in [7, 11) is 0. The SMILES string of the molecule is O=C1[C@@H]2C[C@H](Cc3ccc(F)cc3)CN2CCN1c1ccc(Cl)cn1. The molecule has 1 amide bonds. The highest BCUT2D eigenvalue weighted by Crippen LogP contribution is 2.31. The lowest BCUT2D eigenvalue weighted by molar-refractivity contribution is -0.124. The Morgan fingerprint density at radius 1 is 1.16 bits per heavy atom. The second-order valence-corrected chi connectivity index (χ2v) is 7.20. The number of piperazine rings is 1. The first-order valence-electron chi connectivity index (χ1n) is 8.51. The molecule has 0 aliphatic carbocycles. The van der Waals surface area contributed by atoms with E-state index in [9.17, 15) is 9.18 Å². The first kappa shape index (κ1) is 16.5. The number of amides is 1. The molecule has 0 radical (unpaired) electrons. The van der Waals surface area contributed by atoms with E-state index >= 15 is 0 Å². The summed E-state index contributed by atoms with van der Waals surface area (Å²) in [6, 6.07) is 10.1. The third-order valence-corrected chi connectivity index (χ3v) is 5.30. The van der Waals surface area contributed by atoms with Crippen LogP contribution in [0.3, 0.4) is 0 Å². The standard InChI is InChI=1S/C19H19ClFN3O/c20-15-3-6-18(22-11-15)24-8-7-23-12-14(10-17(23)19(24)25)9-13-1-4-16(21)5-2-13/h1-6,11,14,17H,7-10,12H2/t14-,17-/m0/s1. The molecule has 2 aliphatic heterocycles. The van der Waals surface area contributed by atoms with E-state index in [0.29, 0.717) is 23.3 Å². The van der Waals surface area contributed by atoms with Crippen molar-refractivity contribution in [2.45, 2.75) is 18.9 Å². The van der Waals surface area contributed by atoms with Crippen LogP contribution in [0.25, 0.3) is 0 Å². The molecule has 6 heteroatoms. The predicted molar refractivity (Wildman–Crippen MR) is 95.2 cm³/mol. The maximum absolute atomic E-state index is 13.0. The van der Waals surface area contributed by atoms with Crippen molar-refractivity contribution in [3.63, 3.8) is 0 Å². The van der Waals surface area contributed by atoms with Crippen molar-refractivity contribution in [3.8, 4) is 0 Å². The number of fused-ring (bicyclic) bond motifs is 1. The van der Waals surface area contributed by atoms with Gasteiger partial charge in [-0.15, -0.1) is 0 Å². The minimum Gasteiger partial charge on any atom is -0.294 e. The van der Waals surface area contributed by atoms with Gasteiger partial charge in [-0.3, -0.25) is 14.6 Å². The summed E-state index contributed by atoms with van der Waals surface area (Å²) in [6.45, 7) is 2.41. The minimum atomic E-state index is -0.214. The van der Waals surface area contributed by atoms with E-state index in [0.717, 1.165) is 31.5 Å². The molecule has 25 heavy (non-hydrogen) atoms. The van der Waals surface area contributed by atoms with E-state index in [1.165, 1.54) is 12.1 Å². The summed E-state index contributed by atoms with van der Waals surface area (Å²) in [5.41, 5.74) is 1.12. The Morgan fingerprint density at radius 3 is 2.68 bits per heavy atom. The number of benzene rings is 1. The Balaban J connectivity index is 1.45. The highest BCUT2D eigenvalue weighted by molar-refractivity contribution is 6.30. The van der Waals surface area contributed by atoms with E-state index in [-0.39, 0.29) is 17.8 Å². The molecule has 0 N–H and O–H groups in total. The summed E-state index contributed by atoms with van der Waals surface area (Å²) in [5.74, 6) is 0.977. The molecular formula is C19H19ClFN3O. The van der Waals surface area contributed by atoms with Crippen molar-refractivity contribution in [1.29, 1.82) is 0 Å². The van der Waals surface area contributed by atoms with Crippen molar-refractivity contribution in [1.82, 2.24) is 9.88 Å². The van der Waals surface area contributed by atoms with Crippen LogP contribution in [0, 0.1) is 11.7 Å². The average Bonchev–Trinajstić information content (AvgIpc) is 3.02. The number of carbonyl (C=O) groups is 1. The van der Waals surface area contributed by atoms with Crippen molar-refractivity contribution in [2.75, 3.05) is 24.5 Å². The van der Waals surface area contributed by atoms with Gasteiger partial charge in [-0.05, 0) is 48.6 Å². The van der Waals surface area contributed by atoms with Crippen molar-refractivity contribution < 1.29 is 9.18 Å². The lowest BCUT2D eigenvalue weighted by atomic mass is 9.96. The molecule has 1 aromatic carbocycles. The van der Waals surface area contributed by atoms with E-state index in [2.05, 4.69) is 9.88 Å². The Labute approximate surface area is 151 Å². The zero-order valence-electron chi connectivity index (χ0n) is 13.7. The smallest absolute Gasteiger partial charge is 0.245 e. The lowest BCUT2D eigenvalue weighted by Gasteiger charge is -2.36. The van der Waals surface area contributed by atoms with E-state index in [1.807, 2.05) is 12.1 Å². The van der Waals surface area contributed by atoms with Gasteiger partial charge in [0.15, 0.2) is 0 Å². The molecule has 2 saturated heterocycles. The zero-order valence-corrected chi connectivity index (χ0v) is 14.5. The topological polar surface area (TPSA) is 36.4 Å². The molecular weight excluding hydrogens is 341 g/mol. The number of rotatable bonds is 3. The quantitative estimate of drug-likeness (QED) is 0.844. The molecule has 4 nitrogen and oxygen atoms in total. The van der Waals surface area contributed by atoms with Crippen LogP contribution in [0.1, 0.15) is 12.0 Å². The number of hydrogen-bond donors (Lipinski definition) is 0. The maximum Gasteiger partial charge on any atom is 0.245 e. The third kappa shape index (κ3) is 3.39. The molecule has 2 aliphatic rings. The Bertz CT molecular complexity index is 765. The average molecular weight is 360 g/mol. The normalized spacial score (nSPS) is 23.8. The molecule has 130 valence electrons. The summed E-state index contributed by atoms with van der Waals surface area (Å²) in [6.07, 6.45) is 3.28. The molecule has 2 fully saturated rings. The van der Waals surface area contributed by atoms with Gasteiger partial charge in [0.25, 0.3) is 0 Å². The van der Waals surface area contributed by atoms with Gasteiger partial charge in [-0.2, -0.15) is 0 Å². The van der Waals surface area contributed by atoms with Gasteiger partial charge in [0, 0.05) is 25.8 Å². The maximum atomic E-state index is 13.0. The number of nitrogens with zero attached hydrogens (tertiary/aromatic N) is 3. The number of halogens is 2. The summed E-state index contributed by atoms with van der Waals surface area (Å²) in [4.78, 5) is 21.2. The Hall–Kier alpha value is -1.98. The second kappa shape index (κ2) is 6.73. The fraction of sp³-hybridized carbons (Fsp3) is 0.368. The predicted octanol–water partition coefficient (Wildman–Crippen LogP) is 3.15. The zero-order chi connectivity index (χ0) is 17.4. The fourth-order valence-electron chi connectivity index (χ4n) is 3.88. The Morgan fingerprint density at radius 2 is 1.96 bits per heavy atom. The Kier molecular flexibility index (Phi) is 4.44. The molecule has 0 spiro atoms. The van der Waals surface area contributed by atoms with Crippen molar-refractivity contribution in [2.24, 2.45) is 5.92 Å². The van der Waals surface area contributed by atoms with Gasteiger partial charge in [-0.1, -0.05) is 23.7 Å². The van der Waals surface area contributed by atoms with Gasteiger partial charge in [-0.25, -0.2) is 9.37 Å². The van der Waals surface area contributed by atoms with Crippen LogP contribution < -0.4 is 4.90 Å². The van der Waals surface area contributed by atoms with Crippen LogP contribution in [-0.4, -0.2) is 41.5 Å². The molecule has 1 aromatic heterocycles. The van der Waals surface area contributed by atoms with Crippen LogP contribution in [0.5, 0.6) is 0 Å². The molecule has 0 unspecified atom stereocenters. The third-order valence-electron chi connectivity index (χ3n) is 5.08. The molecule has 2 atom stereocenters. The van der Waals surface area contributed by atoms with Gasteiger partial charge in [0.2, 0.25) is 5.91 Å². The number of hydrogen-bond acceptors (Lipinski definition) is 3. The van der Waals surface area contributed by atoms with E-state index in [4.69, 9.17) is 11.6 Å². The van der Waals surface area contributed by atoms with Crippen molar-refractivity contribution in [3.05, 3.63) is 59.0 Å². The molecule has 4 rings (SSSR count). The monoisotopic (exact) mass is 359 g/mol. The fourth-order valence-corrected chi connectivity index (χ4v) is 3.99. The van der Waals surface area contributed by atoms with Gasteiger partial charge in [0.05, 0.1) is 11.1 Å². The van der Waals surface area contributed by atoms with Gasteiger partial charge >= 0.3 is 0 Å². The summed E-state index contributed by atoms with van der Waals surface area (Å²) >= 11 is 5.88. The number of carbonyl (C=O) groups excluding carboxylic acids is 1. The minimum absolute atomic E-state index is 0.0864. The first-order valence-corrected chi connectivity index (χ1v) is 8.89. The second-order valence-electron chi connectivity index (χ2n) is 6.77. The van der Waals surface area contributed by atoms with E-state index in [1.54, 1.807) is 23.2 Å². The highest BCUT2D eigenvalue weighted by atomic mass is 35.5. The first-order chi connectivity index (χ1) is 12.1. The number of aromatic nitrogens is 1. The van der Waals surface area contributed by atoms with Crippen LogP contribution >= 0.6 is 11.6 Å². The van der Waals surface area contributed by atoms with Crippen LogP contribution in [0.4, 0.5) is 10.2 Å². The summed E-state index contributed by atoms with van der Waals surface area (Å²) < 4.78 is 13.0. The van der Waals surface area contributed by atoms with Crippen molar-refractivity contribution >= 4 is 23.3 Å². The van der Waals surface area contributed by atoms with E-state index < -0.39 is 0 Å².